The zero-order valence-corrected chi connectivity index (χ0v) is 14.1. The molecule has 114 valence electrons. The fourth-order valence-electron chi connectivity index (χ4n) is 1.85. The lowest BCUT2D eigenvalue weighted by molar-refractivity contribution is 0.0955. The van der Waals surface area contributed by atoms with E-state index < -0.39 is 0 Å². The summed E-state index contributed by atoms with van der Waals surface area (Å²) in [4.78, 5) is 12.0. The number of ether oxygens (including phenoxy) is 1. The maximum atomic E-state index is 12.0. The van der Waals surface area contributed by atoms with E-state index in [2.05, 4.69) is 26.5 Å². The molecule has 0 aliphatic heterocycles. The van der Waals surface area contributed by atoms with E-state index in [1.54, 1.807) is 12.1 Å². The predicted octanol–water partition coefficient (Wildman–Crippen LogP) is 4.00. The van der Waals surface area contributed by atoms with Gasteiger partial charge in [0.05, 0.1) is 12.3 Å². The first-order chi connectivity index (χ1) is 10.6. The van der Waals surface area contributed by atoms with E-state index in [4.69, 9.17) is 4.74 Å². The molecular formula is C17H17BrN2O2. The molecule has 0 aliphatic rings. The van der Waals surface area contributed by atoms with E-state index in [1.807, 2.05) is 50.2 Å². The van der Waals surface area contributed by atoms with Crippen molar-refractivity contribution < 1.29 is 9.53 Å². The van der Waals surface area contributed by atoms with Gasteiger partial charge < -0.3 is 4.74 Å². The number of nitrogens with zero attached hydrogens (tertiary/aromatic N) is 1. The average molecular weight is 361 g/mol. The zero-order chi connectivity index (χ0) is 15.9. The van der Waals surface area contributed by atoms with Crippen LogP contribution < -0.4 is 10.2 Å². The van der Waals surface area contributed by atoms with Gasteiger partial charge in [-0.15, -0.1) is 0 Å². The van der Waals surface area contributed by atoms with E-state index in [0.717, 1.165) is 21.5 Å². The molecule has 22 heavy (non-hydrogen) atoms. The highest BCUT2D eigenvalue weighted by atomic mass is 79.9. The van der Waals surface area contributed by atoms with Gasteiger partial charge in [-0.25, -0.2) is 5.43 Å². The van der Waals surface area contributed by atoms with Crippen LogP contribution in [-0.2, 0) is 0 Å². The lowest BCUT2D eigenvalue weighted by Crippen LogP contribution is -2.19. The molecule has 5 heteroatoms. The molecule has 0 saturated carbocycles. The summed E-state index contributed by atoms with van der Waals surface area (Å²) in [6.07, 6.45) is 0. The molecule has 0 unspecified atom stereocenters. The van der Waals surface area contributed by atoms with Gasteiger partial charge in [-0.3, -0.25) is 4.79 Å². The molecule has 0 fully saturated rings. The number of carbonyl (C=O) groups is 1. The van der Waals surface area contributed by atoms with Crippen molar-refractivity contribution in [3.05, 3.63) is 64.1 Å². The first-order valence-corrected chi connectivity index (χ1v) is 7.73. The third-order valence-corrected chi connectivity index (χ3v) is 3.49. The molecule has 0 aliphatic carbocycles. The minimum atomic E-state index is -0.244. The number of carbonyl (C=O) groups excluding carboxylic acids is 1. The Hall–Kier alpha value is -2.14. The van der Waals surface area contributed by atoms with Crippen LogP contribution >= 0.6 is 15.9 Å². The second-order valence-electron chi connectivity index (χ2n) is 4.61. The van der Waals surface area contributed by atoms with Gasteiger partial charge in [0, 0.05) is 10.0 Å². The Morgan fingerprint density at radius 3 is 2.55 bits per heavy atom. The smallest absolute Gasteiger partial charge is 0.271 e. The Balaban J connectivity index is 2.04. The molecule has 0 radical (unpaired) electrons. The number of amides is 1. The number of hydrogen-bond donors (Lipinski definition) is 1. The highest BCUT2D eigenvalue weighted by molar-refractivity contribution is 9.10. The van der Waals surface area contributed by atoms with Crippen LogP contribution in [0.15, 0.2) is 58.1 Å². The van der Waals surface area contributed by atoms with Gasteiger partial charge in [0.1, 0.15) is 5.75 Å². The summed E-state index contributed by atoms with van der Waals surface area (Å²) < 4.78 is 6.25. The molecule has 1 amide bonds. The van der Waals surface area contributed by atoms with Crippen LogP contribution in [0.1, 0.15) is 29.8 Å². The van der Waals surface area contributed by atoms with Crippen LogP contribution in [0.3, 0.4) is 0 Å². The minimum absolute atomic E-state index is 0.244. The van der Waals surface area contributed by atoms with Crippen molar-refractivity contribution in [2.45, 2.75) is 13.8 Å². The molecule has 2 aromatic rings. The number of nitrogens with one attached hydrogen (secondary N) is 1. The van der Waals surface area contributed by atoms with E-state index in [1.165, 1.54) is 0 Å². The molecule has 4 nitrogen and oxygen atoms in total. The van der Waals surface area contributed by atoms with Crippen LogP contribution in [0.2, 0.25) is 0 Å². The van der Waals surface area contributed by atoms with E-state index in [9.17, 15) is 4.79 Å². The summed E-state index contributed by atoms with van der Waals surface area (Å²) in [6.45, 7) is 4.42. The van der Waals surface area contributed by atoms with Crippen molar-refractivity contribution >= 4 is 27.5 Å². The maximum Gasteiger partial charge on any atom is 0.271 e. The lowest BCUT2D eigenvalue weighted by atomic mass is 10.1. The summed E-state index contributed by atoms with van der Waals surface area (Å²) in [5, 5.41) is 4.14. The molecule has 0 aromatic heterocycles. The Morgan fingerprint density at radius 1 is 1.18 bits per heavy atom. The molecule has 0 heterocycles. The standard InChI is InChI=1S/C17H17BrN2O2/c1-3-22-16-9-7-13(8-10-16)12(2)19-20-17(21)14-5-4-6-15(18)11-14/h4-11H,3H2,1-2H3,(H,20,21). The highest BCUT2D eigenvalue weighted by Gasteiger charge is 2.05. The number of rotatable bonds is 5. The predicted molar refractivity (Wildman–Crippen MR) is 91.4 cm³/mol. The molecule has 0 bridgehead atoms. The van der Waals surface area contributed by atoms with Crippen LogP contribution in [0, 0.1) is 0 Å². The van der Waals surface area contributed by atoms with Crippen molar-refractivity contribution in [1.82, 2.24) is 5.43 Å². The SMILES string of the molecule is CCOc1ccc(C(C)=NNC(=O)c2cccc(Br)c2)cc1. The molecule has 0 saturated heterocycles. The molecule has 2 rings (SSSR count). The number of hydrogen-bond acceptors (Lipinski definition) is 3. The largest absolute Gasteiger partial charge is 0.494 e. The van der Waals surface area contributed by atoms with Crippen LogP contribution in [0.5, 0.6) is 5.75 Å². The second kappa shape index (κ2) is 7.75. The fraction of sp³-hybridized carbons (Fsp3) is 0.176. The van der Waals surface area contributed by atoms with Gasteiger partial charge >= 0.3 is 0 Å². The average Bonchev–Trinajstić information content (AvgIpc) is 2.53. The minimum Gasteiger partial charge on any atom is -0.494 e. The van der Waals surface area contributed by atoms with Crippen molar-refractivity contribution in [1.29, 1.82) is 0 Å². The van der Waals surface area contributed by atoms with E-state index in [0.29, 0.717) is 12.2 Å². The van der Waals surface area contributed by atoms with Gasteiger partial charge in [0.25, 0.3) is 5.91 Å². The normalized spacial score (nSPS) is 11.1. The first-order valence-electron chi connectivity index (χ1n) is 6.93. The Morgan fingerprint density at radius 2 is 1.91 bits per heavy atom. The van der Waals surface area contributed by atoms with Crippen molar-refractivity contribution in [3.63, 3.8) is 0 Å². The summed E-state index contributed by atoms with van der Waals surface area (Å²) >= 11 is 3.34. The Labute approximate surface area is 138 Å². The zero-order valence-electron chi connectivity index (χ0n) is 12.5. The Bertz CT molecular complexity index is 681. The van der Waals surface area contributed by atoms with Gasteiger partial charge in [0.15, 0.2) is 0 Å². The maximum absolute atomic E-state index is 12.0. The fourth-order valence-corrected chi connectivity index (χ4v) is 2.25. The van der Waals surface area contributed by atoms with Gasteiger partial charge in [0.2, 0.25) is 0 Å². The molecule has 1 N–H and O–H groups in total. The Kier molecular flexibility index (Phi) is 5.72. The van der Waals surface area contributed by atoms with Crippen molar-refractivity contribution in [3.8, 4) is 5.75 Å². The third kappa shape index (κ3) is 4.43. The topological polar surface area (TPSA) is 50.7 Å². The second-order valence-corrected chi connectivity index (χ2v) is 5.52. The highest BCUT2D eigenvalue weighted by Crippen LogP contribution is 2.13. The van der Waals surface area contributed by atoms with Crippen molar-refractivity contribution in [2.75, 3.05) is 6.61 Å². The van der Waals surface area contributed by atoms with Crippen LogP contribution in [0.25, 0.3) is 0 Å². The summed E-state index contributed by atoms with van der Waals surface area (Å²) in [5.41, 5.74) is 4.77. The molecule has 2 aromatic carbocycles. The quantitative estimate of drug-likeness (QED) is 0.646. The van der Waals surface area contributed by atoms with E-state index >= 15 is 0 Å². The monoisotopic (exact) mass is 360 g/mol. The van der Waals surface area contributed by atoms with E-state index in [-0.39, 0.29) is 5.91 Å². The molecule has 0 atom stereocenters. The number of halogens is 1. The summed E-state index contributed by atoms with van der Waals surface area (Å²) in [7, 11) is 0. The summed E-state index contributed by atoms with van der Waals surface area (Å²) in [6, 6.07) is 14.7. The molecule has 0 spiro atoms. The van der Waals surface area contributed by atoms with Crippen LogP contribution in [0.4, 0.5) is 0 Å². The first kappa shape index (κ1) is 16.2. The van der Waals surface area contributed by atoms with Gasteiger partial charge in [-0.2, -0.15) is 5.10 Å². The summed E-state index contributed by atoms with van der Waals surface area (Å²) in [5.74, 6) is 0.573. The van der Waals surface area contributed by atoms with Gasteiger partial charge in [-0.05, 0) is 61.9 Å². The third-order valence-electron chi connectivity index (χ3n) is 3.00. The van der Waals surface area contributed by atoms with Crippen LogP contribution in [-0.4, -0.2) is 18.2 Å². The molecular weight excluding hydrogens is 344 g/mol. The number of hydrazone groups is 1. The van der Waals surface area contributed by atoms with Gasteiger partial charge in [-0.1, -0.05) is 22.0 Å². The number of benzene rings is 2. The lowest BCUT2D eigenvalue weighted by Gasteiger charge is -2.05. The van der Waals surface area contributed by atoms with Crippen molar-refractivity contribution in [2.24, 2.45) is 5.10 Å².